The molecule has 24 heavy (non-hydrogen) atoms. The molecule has 122 valence electrons. The van der Waals surface area contributed by atoms with Gasteiger partial charge < -0.3 is 9.80 Å². The number of para-hydroxylation sites is 1. The van der Waals surface area contributed by atoms with E-state index in [9.17, 15) is 0 Å². The standard InChI is InChI=1S/C19H19BrN4/c1-23-9-11-24(12-10-23)15-7-5-14(6-8-15)18-13-21-17-4-2-3-16(20)19(17)22-18/h2-8,13H,9-12H2,1H3. The van der Waals surface area contributed by atoms with Crippen LogP contribution < -0.4 is 4.90 Å². The van der Waals surface area contributed by atoms with Gasteiger partial charge in [0.1, 0.15) is 5.52 Å². The number of hydrogen-bond acceptors (Lipinski definition) is 4. The molecule has 2 aromatic carbocycles. The molecule has 1 aromatic heterocycles. The van der Waals surface area contributed by atoms with Gasteiger partial charge in [0.05, 0.1) is 17.4 Å². The molecule has 4 rings (SSSR count). The van der Waals surface area contributed by atoms with Crippen molar-refractivity contribution in [2.45, 2.75) is 0 Å². The van der Waals surface area contributed by atoms with Crippen LogP contribution in [-0.2, 0) is 0 Å². The predicted octanol–water partition coefficient (Wildman–Crippen LogP) is 3.81. The Hall–Kier alpha value is -1.98. The zero-order chi connectivity index (χ0) is 16.5. The van der Waals surface area contributed by atoms with Crippen molar-refractivity contribution in [2.75, 3.05) is 38.1 Å². The summed E-state index contributed by atoms with van der Waals surface area (Å²) in [6.07, 6.45) is 1.85. The Morgan fingerprint density at radius 3 is 2.46 bits per heavy atom. The number of benzene rings is 2. The van der Waals surface area contributed by atoms with Gasteiger partial charge in [-0.05, 0) is 47.2 Å². The average Bonchev–Trinajstić information content (AvgIpc) is 2.63. The molecule has 1 aliphatic heterocycles. The molecule has 0 aliphatic carbocycles. The molecule has 4 nitrogen and oxygen atoms in total. The largest absolute Gasteiger partial charge is 0.369 e. The minimum atomic E-state index is 0.901. The molecule has 5 heteroatoms. The molecule has 0 N–H and O–H groups in total. The zero-order valence-electron chi connectivity index (χ0n) is 13.6. The molecular formula is C19H19BrN4. The lowest BCUT2D eigenvalue weighted by atomic mass is 10.1. The van der Waals surface area contributed by atoms with Gasteiger partial charge in [-0.1, -0.05) is 18.2 Å². The molecule has 0 unspecified atom stereocenters. The maximum Gasteiger partial charge on any atom is 0.104 e. The number of aromatic nitrogens is 2. The molecule has 2 heterocycles. The number of halogens is 1. The Morgan fingerprint density at radius 2 is 1.71 bits per heavy atom. The third-order valence-electron chi connectivity index (χ3n) is 4.56. The number of piperazine rings is 1. The van der Waals surface area contributed by atoms with Crippen molar-refractivity contribution in [3.05, 3.63) is 53.1 Å². The van der Waals surface area contributed by atoms with Crippen molar-refractivity contribution < 1.29 is 0 Å². The molecule has 0 bridgehead atoms. The molecule has 0 saturated carbocycles. The van der Waals surface area contributed by atoms with E-state index in [1.807, 2.05) is 24.4 Å². The van der Waals surface area contributed by atoms with Gasteiger partial charge in [-0.25, -0.2) is 4.98 Å². The Morgan fingerprint density at radius 1 is 0.958 bits per heavy atom. The van der Waals surface area contributed by atoms with Crippen molar-refractivity contribution in [3.8, 4) is 11.3 Å². The number of nitrogens with zero attached hydrogens (tertiary/aromatic N) is 4. The van der Waals surface area contributed by atoms with Crippen molar-refractivity contribution >= 4 is 32.7 Å². The Kier molecular flexibility index (Phi) is 4.21. The lowest BCUT2D eigenvalue weighted by molar-refractivity contribution is 0.313. The van der Waals surface area contributed by atoms with E-state index in [0.29, 0.717) is 0 Å². The van der Waals surface area contributed by atoms with Gasteiger partial charge in [0.25, 0.3) is 0 Å². The van der Waals surface area contributed by atoms with Crippen LogP contribution in [0, 0.1) is 0 Å². The van der Waals surface area contributed by atoms with E-state index in [2.05, 4.69) is 62.0 Å². The van der Waals surface area contributed by atoms with Gasteiger partial charge in [-0.15, -0.1) is 0 Å². The summed E-state index contributed by atoms with van der Waals surface area (Å²) < 4.78 is 0.975. The number of fused-ring (bicyclic) bond motifs is 1. The summed E-state index contributed by atoms with van der Waals surface area (Å²) in [5.74, 6) is 0. The second-order valence-corrected chi connectivity index (χ2v) is 7.05. The SMILES string of the molecule is CN1CCN(c2ccc(-c3cnc4cccc(Br)c4n3)cc2)CC1. The first-order chi connectivity index (χ1) is 11.7. The molecule has 3 aromatic rings. The third-order valence-corrected chi connectivity index (χ3v) is 5.20. The predicted molar refractivity (Wildman–Crippen MR) is 102 cm³/mol. The summed E-state index contributed by atoms with van der Waals surface area (Å²) in [6.45, 7) is 4.40. The van der Waals surface area contributed by atoms with E-state index < -0.39 is 0 Å². The Labute approximate surface area is 150 Å². The highest BCUT2D eigenvalue weighted by atomic mass is 79.9. The molecule has 1 aliphatic rings. The molecule has 1 saturated heterocycles. The average molecular weight is 383 g/mol. The number of likely N-dealkylation sites (N-methyl/N-ethyl adjacent to an activating group) is 1. The summed E-state index contributed by atoms with van der Waals surface area (Å²) in [4.78, 5) is 14.1. The molecule has 0 spiro atoms. The molecule has 1 fully saturated rings. The fourth-order valence-electron chi connectivity index (χ4n) is 3.05. The summed E-state index contributed by atoms with van der Waals surface area (Å²) in [5.41, 5.74) is 5.08. The minimum Gasteiger partial charge on any atom is -0.369 e. The highest BCUT2D eigenvalue weighted by molar-refractivity contribution is 9.10. The zero-order valence-corrected chi connectivity index (χ0v) is 15.2. The summed E-state index contributed by atoms with van der Waals surface area (Å²) >= 11 is 3.56. The van der Waals surface area contributed by atoms with E-state index in [-0.39, 0.29) is 0 Å². The monoisotopic (exact) mass is 382 g/mol. The maximum atomic E-state index is 4.77. The van der Waals surface area contributed by atoms with Crippen LogP contribution in [0.2, 0.25) is 0 Å². The van der Waals surface area contributed by atoms with Crippen LogP contribution >= 0.6 is 15.9 Å². The topological polar surface area (TPSA) is 32.3 Å². The van der Waals surface area contributed by atoms with Gasteiger partial charge in [0.2, 0.25) is 0 Å². The first-order valence-electron chi connectivity index (χ1n) is 8.16. The fraction of sp³-hybridized carbons (Fsp3) is 0.263. The van der Waals surface area contributed by atoms with E-state index in [0.717, 1.165) is 52.9 Å². The van der Waals surface area contributed by atoms with Crippen LogP contribution in [-0.4, -0.2) is 48.1 Å². The quantitative estimate of drug-likeness (QED) is 0.674. The number of hydrogen-bond donors (Lipinski definition) is 0. The van der Waals surface area contributed by atoms with E-state index in [1.165, 1.54) is 5.69 Å². The first kappa shape index (κ1) is 15.5. The summed E-state index contributed by atoms with van der Waals surface area (Å²) in [7, 11) is 2.18. The van der Waals surface area contributed by atoms with Crippen LogP contribution in [0.4, 0.5) is 5.69 Å². The highest BCUT2D eigenvalue weighted by Gasteiger charge is 2.14. The molecule has 0 radical (unpaired) electrons. The summed E-state index contributed by atoms with van der Waals surface area (Å²) in [5, 5.41) is 0. The van der Waals surface area contributed by atoms with Crippen LogP contribution in [0.5, 0.6) is 0 Å². The molecule has 0 amide bonds. The van der Waals surface area contributed by atoms with Gasteiger partial charge in [0, 0.05) is 41.9 Å². The van der Waals surface area contributed by atoms with Crippen LogP contribution in [0.3, 0.4) is 0 Å². The highest BCUT2D eigenvalue weighted by Crippen LogP contribution is 2.26. The van der Waals surface area contributed by atoms with Crippen molar-refractivity contribution in [1.29, 1.82) is 0 Å². The lowest BCUT2D eigenvalue weighted by Gasteiger charge is -2.34. The fourth-order valence-corrected chi connectivity index (χ4v) is 3.49. The third kappa shape index (κ3) is 3.01. The van der Waals surface area contributed by atoms with Gasteiger partial charge in [0.15, 0.2) is 0 Å². The van der Waals surface area contributed by atoms with Crippen molar-refractivity contribution in [1.82, 2.24) is 14.9 Å². The first-order valence-corrected chi connectivity index (χ1v) is 8.95. The second kappa shape index (κ2) is 6.49. The van der Waals surface area contributed by atoms with E-state index in [1.54, 1.807) is 0 Å². The van der Waals surface area contributed by atoms with E-state index in [4.69, 9.17) is 4.98 Å². The number of rotatable bonds is 2. The van der Waals surface area contributed by atoms with Crippen LogP contribution in [0.15, 0.2) is 53.1 Å². The van der Waals surface area contributed by atoms with Crippen molar-refractivity contribution in [2.24, 2.45) is 0 Å². The van der Waals surface area contributed by atoms with Gasteiger partial charge in [-0.3, -0.25) is 4.98 Å². The lowest BCUT2D eigenvalue weighted by Crippen LogP contribution is -2.44. The smallest absolute Gasteiger partial charge is 0.104 e. The van der Waals surface area contributed by atoms with Crippen molar-refractivity contribution in [3.63, 3.8) is 0 Å². The van der Waals surface area contributed by atoms with Crippen LogP contribution in [0.1, 0.15) is 0 Å². The summed E-state index contributed by atoms with van der Waals surface area (Å²) in [6, 6.07) is 14.6. The Balaban J connectivity index is 1.62. The normalized spacial score (nSPS) is 15.8. The minimum absolute atomic E-state index is 0.901. The maximum absolute atomic E-state index is 4.77. The van der Waals surface area contributed by atoms with Gasteiger partial charge >= 0.3 is 0 Å². The Bertz CT molecular complexity index is 855. The second-order valence-electron chi connectivity index (χ2n) is 6.20. The van der Waals surface area contributed by atoms with Crippen LogP contribution in [0.25, 0.3) is 22.3 Å². The number of anilines is 1. The van der Waals surface area contributed by atoms with Gasteiger partial charge in [-0.2, -0.15) is 0 Å². The molecule has 0 atom stereocenters. The molecular weight excluding hydrogens is 364 g/mol. The van der Waals surface area contributed by atoms with E-state index >= 15 is 0 Å².